The highest BCUT2D eigenvalue weighted by Crippen LogP contribution is 2.28. The van der Waals surface area contributed by atoms with Gasteiger partial charge in [-0.25, -0.2) is 0 Å². The second-order valence-corrected chi connectivity index (χ2v) is 4.85. The number of carbonyl (C=O) groups excluding carboxylic acids is 1. The van der Waals surface area contributed by atoms with E-state index in [1.54, 1.807) is 6.07 Å². The summed E-state index contributed by atoms with van der Waals surface area (Å²) in [5.74, 6) is 0.686. The lowest BCUT2D eigenvalue weighted by Gasteiger charge is -2.09. The molecular weight excluding hydrogens is 359 g/mol. The molecule has 4 heteroatoms. The van der Waals surface area contributed by atoms with Crippen LogP contribution in [0.3, 0.4) is 0 Å². The molecule has 1 aromatic carbocycles. The van der Waals surface area contributed by atoms with Crippen LogP contribution in [0.5, 0.6) is 5.75 Å². The molecule has 0 spiro atoms. The molecular formula is C10H10BrIO2. The van der Waals surface area contributed by atoms with Gasteiger partial charge in [-0.15, -0.1) is 0 Å². The molecule has 0 aliphatic heterocycles. The van der Waals surface area contributed by atoms with E-state index in [2.05, 4.69) is 38.5 Å². The third-order valence-corrected chi connectivity index (χ3v) is 2.87. The predicted molar refractivity (Wildman–Crippen MR) is 68.0 cm³/mol. The molecule has 1 rings (SSSR count). The minimum atomic E-state index is 0.595. The van der Waals surface area contributed by atoms with Crippen LogP contribution in [0, 0.1) is 3.57 Å². The van der Waals surface area contributed by atoms with Gasteiger partial charge in [0, 0.05) is 4.47 Å². The summed E-state index contributed by atoms with van der Waals surface area (Å²) in [6.07, 6.45) is 1.75. The highest BCUT2D eigenvalue weighted by atomic mass is 127. The zero-order chi connectivity index (χ0) is 10.6. The zero-order valence-corrected chi connectivity index (χ0v) is 11.5. The Morgan fingerprint density at radius 1 is 1.57 bits per heavy atom. The largest absolute Gasteiger partial charge is 0.492 e. The fourth-order valence-electron chi connectivity index (χ4n) is 1.02. The van der Waals surface area contributed by atoms with E-state index in [0.717, 1.165) is 20.7 Å². The molecule has 0 radical (unpaired) electrons. The number of carbonyl (C=O) groups is 1. The first-order valence-electron chi connectivity index (χ1n) is 4.26. The van der Waals surface area contributed by atoms with Gasteiger partial charge < -0.3 is 4.74 Å². The van der Waals surface area contributed by atoms with Gasteiger partial charge >= 0.3 is 0 Å². The van der Waals surface area contributed by atoms with Crippen molar-refractivity contribution in [3.63, 3.8) is 0 Å². The summed E-state index contributed by atoms with van der Waals surface area (Å²) in [5, 5.41) is 0. The Labute approximate surface area is 105 Å². The van der Waals surface area contributed by atoms with E-state index in [9.17, 15) is 4.79 Å². The number of rotatable bonds is 4. The van der Waals surface area contributed by atoms with Crippen LogP contribution in [-0.4, -0.2) is 12.9 Å². The Morgan fingerprint density at radius 2 is 2.29 bits per heavy atom. The second-order valence-electron chi connectivity index (χ2n) is 2.77. The van der Waals surface area contributed by atoms with Crippen LogP contribution in [0.1, 0.15) is 23.7 Å². The molecule has 0 aliphatic carbocycles. The van der Waals surface area contributed by atoms with Gasteiger partial charge in [0.05, 0.1) is 15.7 Å². The van der Waals surface area contributed by atoms with Crippen LogP contribution >= 0.6 is 38.5 Å². The minimum absolute atomic E-state index is 0.595. The van der Waals surface area contributed by atoms with Crippen LogP contribution < -0.4 is 4.74 Å². The molecule has 2 nitrogen and oxygen atoms in total. The maximum Gasteiger partial charge on any atom is 0.153 e. The number of hydrogen-bond acceptors (Lipinski definition) is 2. The summed E-state index contributed by atoms with van der Waals surface area (Å²) in [6, 6.07) is 3.69. The summed E-state index contributed by atoms with van der Waals surface area (Å²) in [6.45, 7) is 2.67. The van der Waals surface area contributed by atoms with E-state index in [0.29, 0.717) is 17.9 Å². The topological polar surface area (TPSA) is 26.3 Å². The van der Waals surface area contributed by atoms with Crippen molar-refractivity contribution in [3.05, 3.63) is 25.7 Å². The fourth-order valence-corrected chi connectivity index (χ4v) is 2.73. The number of benzene rings is 1. The van der Waals surface area contributed by atoms with Gasteiger partial charge in [-0.3, -0.25) is 4.79 Å². The van der Waals surface area contributed by atoms with E-state index < -0.39 is 0 Å². The van der Waals surface area contributed by atoms with Crippen molar-refractivity contribution >= 4 is 44.8 Å². The molecule has 0 saturated heterocycles. The number of hydrogen-bond donors (Lipinski definition) is 0. The van der Waals surface area contributed by atoms with Gasteiger partial charge in [0.2, 0.25) is 0 Å². The van der Waals surface area contributed by atoms with E-state index in [4.69, 9.17) is 4.74 Å². The third-order valence-electron chi connectivity index (χ3n) is 1.61. The lowest BCUT2D eigenvalue weighted by atomic mass is 10.2. The molecule has 0 bridgehead atoms. The molecule has 0 aliphatic rings. The zero-order valence-electron chi connectivity index (χ0n) is 7.72. The van der Waals surface area contributed by atoms with Crippen LogP contribution in [-0.2, 0) is 0 Å². The Morgan fingerprint density at radius 3 is 2.86 bits per heavy atom. The number of halogens is 2. The maximum atomic E-state index is 10.8. The molecule has 0 atom stereocenters. The highest BCUT2D eigenvalue weighted by molar-refractivity contribution is 14.1. The summed E-state index contributed by atoms with van der Waals surface area (Å²) in [7, 11) is 0. The molecule has 0 N–H and O–H groups in total. The van der Waals surface area contributed by atoms with Crippen LogP contribution in [0.2, 0.25) is 0 Å². The molecule has 0 heterocycles. The minimum Gasteiger partial charge on any atom is -0.492 e. The van der Waals surface area contributed by atoms with Crippen LogP contribution in [0.4, 0.5) is 0 Å². The molecule has 14 heavy (non-hydrogen) atoms. The summed E-state index contributed by atoms with van der Waals surface area (Å²) in [4.78, 5) is 10.8. The van der Waals surface area contributed by atoms with Crippen molar-refractivity contribution < 1.29 is 9.53 Å². The molecule has 76 valence electrons. The lowest BCUT2D eigenvalue weighted by Crippen LogP contribution is -2.00. The Bertz CT molecular complexity index is 339. The lowest BCUT2D eigenvalue weighted by molar-refractivity contribution is 0.111. The van der Waals surface area contributed by atoms with Gasteiger partial charge in [-0.05, 0) is 41.1 Å². The Kier molecular flexibility index (Phi) is 4.88. The molecule has 0 aromatic heterocycles. The van der Waals surface area contributed by atoms with Crippen molar-refractivity contribution in [2.75, 3.05) is 6.61 Å². The predicted octanol–water partition coefficient (Wildman–Crippen LogP) is 3.66. The van der Waals surface area contributed by atoms with Crippen LogP contribution in [0.25, 0.3) is 0 Å². The van der Waals surface area contributed by atoms with Crippen LogP contribution in [0.15, 0.2) is 16.6 Å². The van der Waals surface area contributed by atoms with Crippen molar-refractivity contribution in [1.29, 1.82) is 0 Å². The van der Waals surface area contributed by atoms with Gasteiger partial charge in [0.15, 0.2) is 6.29 Å². The second kappa shape index (κ2) is 5.70. The maximum absolute atomic E-state index is 10.8. The monoisotopic (exact) mass is 368 g/mol. The number of ether oxygens (including phenoxy) is 1. The molecule has 0 amide bonds. The summed E-state index contributed by atoms with van der Waals surface area (Å²) < 4.78 is 7.35. The molecule has 0 fully saturated rings. The van der Waals surface area contributed by atoms with E-state index >= 15 is 0 Å². The van der Waals surface area contributed by atoms with Gasteiger partial charge in [0.25, 0.3) is 0 Å². The summed E-state index contributed by atoms with van der Waals surface area (Å²) >= 11 is 5.50. The fraction of sp³-hybridized carbons (Fsp3) is 0.300. The first-order valence-corrected chi connectivity index (χ1v) is 6.13. The quantitative estimate of drug-likeness (QED) is 0.599. The van der Waals surface area contributed by atoms with Crippen molar-refractivity contribution in [1.82, 2.24) is 0 Å². The van der Waals surface area contributed by atoms with Gasteiger partial charge in [-0.1, -0.05) is 22.9 Å². The Balaban J connectivity index is 3.05. The SMILES string of the molecule is CCCOc1c(I)cc(Br)cc1C=O. The first kappa shape index (κ1) is 12.0. The average molecular weight is 369 g/mol. The van der Waals surface area contributed by atoms with Gasteiger partial charge in [-0.2, -0.15) is 0 Å². The highest BCUT2D eigenvalue weighted by Gasteiger charge is 2.08. The molecule has 0 saturated carbocycles. The molecule has 1 aromatic rings. The standard InChI is InChI=1S/C10H10BrIO2/c1-2-3-14-10-7(6-13)4-8(11)5-9(10)12/h4-6H,2-3H2,1H3. The van der Waals surface area contributed by atoms with Gasteiger partial charge in [0.1, 0.15) is 5.75 Å². The first-order chi connectivity index (χ1) is 6.69. The van der Waals surface area contributed by atoms with Crippen molar-refractivity contribution in [3.8, 4) is 5.75 Å². The van der Waals surface area contributed by atoms with Crippen molar-refractivity contribution in [2.45, 2.75) is 13.3 Å². The average Bonchev–Trinajstić information content (AvgIpc) is 2.15. The van der Waals surface area contributed by atoms with E-state index in [1.807, 2.05) is 13.0 Å². The Hall–Kier alpha value is -0.100. The van der Waals surface area contributed by atoms with E-state index in [-0.39, 0.29) is 0 Å². The third kappa shape index (κ3) is 2.95. The smallest absolute Gasteiger partial charge is 0.153 e. The van der Waals surface area contributed by atoms with Crippen molar-refractivity contribution in [2.24, 2.45) is 0 Å². The molecule has 0 unspecified atom stereocenters. The van der Waals surface area contributed by atoms with E-state index in [1.165, 1.54) is 0 Å². The normalized spacial score (nSPS) is 9.93. The number of aldehydes is 1. The summed E-state index contributed by atoms with van der Waals surface area (Å²) in [5.41, 5.74) is 0.595.